The molecule has 2 rings (SSSR count). The summed E-state index contributed by atoms with van der Waals surface area (Å²) < 4.78 is 13.2. The molecular formula is C14H15FN2O2. The molecule has 0 amide bonds. The minimum atomic E-state index is -0.785. The largest absolute Gasteiger partial charge is 0.481 e. The summed E-state index contributed by atoms with van der Waals surface area (Å²) in [6, 6.07) is 6.24. The van der Waals surface area contributed by atoms with Crippen molar-refractivity contribution in [3.63, 3.8) is 0 Å². The molecule has 1 aliphatic heterocycles. The van der Waals surface area contributed by atoms with Crippen LogP contribution in [0.25, 0.3) is 0 Å². The summed E-state index contributed by atoms with van der Waals surface area (Å²) in [6.07, 6.45) is 0.606. The Bertz CT molecular complexity index is 553. The Hall–Kier alpha value is -1.93. The van der Waals surface area contributed by atoms with Crippen molar-refractivity contribution < 1.29 is 14.3 Å². The van der Waals surface area contributed by atoms with E-state index in [-0.39, 0.29) is 5.56 Å². The predicted octanol–water partition coefficient (Wildman–Crippen LogP) is 1.99. The Kier molecular flexibility index (Phi) is 3.54. The van der Waals surface area contributed by atoms with Gasteiger partial charge >= 0.3 is 5.97 Å². The Morgan fingerprint density at radius 2 is 2.37 bits per heavy atom. The van der Waals surface area contributed by atoms with Crippen LogP contribution in [0.3, 0.4) is 0 Å². The summed E-state index contributed by atoms with van der Waals surface area (Å²) >= 11 is 0. The lowest BCUT2D eigenvalue weighted by molar-refractivity contribution is -0.147. The summed E-state index contributed by atoms with van der Waals surface area (Å²) in [5, 5.41) is 17.9. The molecule has 1 unspecified atom stereocenters. The molecule has 1 heterocycles. The number of benzene rings is 1. The monoisotopic (exact) mass is 262 g/mol. The lowest BCUT2D eigenvalue weighted by Crippen LogP contribution is -2.31. The van der Waals surface area contributed by atoms with Crippen LogP contribution in [0.5, 0.6) is 0 Å². The molecule has 0 aliphatic carbocycles. The first-order valence-corrected chi connectivity index (χ1v) is 6.09. The number of hydrogen-bond donors (Lipinski definition) is 1. The minimum Gasteiger partial charge on any atom is -0.481 e. The summed E-state index contributed by atoms with van der Waals surface area (Å²) in [5.74, 6) is -1.31. The normalized spacial score (nSPS) is 23.2. The molecule has 0 saturated carbocycles. The van der Waals surface area contributed by atoms with Gasteiger partial charge in [-0.25, -0.2) is 4.39 Å². The summed E-state index contributed by atoms with van der Waals surface area (Å²) in [6.45, 7) is 3.45. The highest BCUT2D eigenvalue weighted by Crippen LogP contribution is 2.31. The molecule has 0 aromatic heterocycles. The van der Waals surface area contributed by atoms with Gasteiger partial charge < -0.3 is 5.11 Å². The van der Waals surface area contributed by atoms with E-state index < -0.39 is 17.2 Å². The number of likely N-dealkylation sites (tertiary alicyclic amines) is 1. The number of rotatable bonds is 3. The van der Waals surface area contributed by atoms with Crippen molar-refractivity contribution in [1.82, 2.24) is 4.90 Å². The van der Waals surface area contributed by atoms with Crippen molar-refractivity contribution in [2.75, 3.05) is 13.1 Å². The lowest BCUT2D eigenvalue weighted by Gasteiger charge is -2.20. The molecule has 1 aromatic rings. The first-order chi connectivity index (χ1) is 8.94. The summed E-state index contributed by atoms with van der Waals surface area (Å²) in [7, 11) is 0. The summed E-state index contributed by atoms with van der Waals surface area (Å²) in [5.41, 5.74) is 0.142. The summed E-state index contributed by atoms with van der Waals surface area (Å²) in [4.78, 5) is 13.2. The van der Waals surface area contributed by atoms with Gasteiger partial charge in [0.2, 0.25) is 0 Å². The van der Waals surface area contributed by atoms with Crippen molar-refractivity contribution in [2.45, 2.75) is 19.9 Å². The van der Waals surface area contributed by atoms with Crippen molar-refractivity contribution in [3.05, 3.63) is 35.1 Å². The topological polar surface area (TPSA) is 64.3 Å². The van der Waals surface area contributed by atoms with E-state index in [1.165, 1.54) is 12.1 Å². The van der Waals surface area contributed by atoms with Crippen molar-refractivity contribution in [2.24, 2.45) is 5.41 Å². The maximum Gasteiger partial charge on any atom is 0.310 e. The number of nitriles is 1. The van der Waals surface area contributed by atoms with Gasteiger partial charge in [0, 0.05) is 13.1 Å². The molecule has 5 heteroatoms. The molecular weight excluding hydrogens is 247 g/mol. The van der Waals surface area contributed by atoms with Gasteiger partial charge in [-0.3, -0.25) is 9.69 Å². The van der Waals surface area contributed by atoms with Crippen LogP contribution in [0.2, 0.25) is 0 Å². The fourth-order valence-electron chi connectivity index (χ4n) is 2.38. The van der Waals surface area contributed by atoms with Crippen LogP contribution < -0.4 is 0 Å². The molecule has 0 radical (unpaired) electrons. The Morgan fingerprint density at radius 3 is 2.95 bits per heavy atom. The van der Waals surface area contributed by atoms with Gasteiger partial charge in [-0.2, -0.15) is 5.26 Å². The third-order valence-corrected chi connectivity index (χ3v) is 3.63. The molecule has 1 atom stereocenters. The number of nitrogens with zero attached hydrogens (tertiary/aromatic N) is 2. The number of carbonyl (C=O) groups is 1. The zero-order valence-electron chi connectivity index (χ0n) is 10.7. The van der Waals surface area contributed by atoms with E-state index in [0.717, 1.165) is 5.56 Å². The van der Waals surface area contributed by atoms with Gasteiger partial charge in [-0.05, 0) is 37.6 Å². The molecule has 1 aromatic carbocycles. The SMILES string of the molecule is CC1(C(=O)O)CCN(Cc2ccc(F)c(C#N)c2)C1. The average molecular weight is 262 g/mol. The maximum atomic E-state index is 13.2. The van der Waals surface area contributed by atoms with E-state index in [0.29, 0.717) is 26.1 Å². The van der Waals surface area contributed by atoms with Crippen LogP contribution in [0.4, 0.5) is 4.39 Å². The van der Waals surface area contributed by atoms with Crippen LogP contribution in [0, 0.1) is 22.6 Å². The Labute approximate surface area is 111 Å². The predicted molar refractivity (Wildman–Crippen MR) is 66.8 cm³/mol. The van der Waals surface area contributed by atoms with Crippen molar-refractivity contribution in [3.8, 4) is 6.07 Å². The minimum absolute atomic E-state index is 0.0256. The maximum absolute atomic E-state index is 13.2. The molecule has 100 valence electrons. The van der Waals surface area contributed by atoms with Gasteiger partial charge in [-0.1, -0.05) is 6.07 Å². The van der Waals surface area contributed by atoms with E-state index in [4.69, 9.17) is 10.4 Å². The lowest BCUT2D eigenvalue weighted by atomic mass is 9.90. The van der Waals surface area contributed by atoms with Crippen LogP contribution in [-0.4, -0.2) is 29.1 Å². The highest BCUT2D eigenvalue weighted by molar-refractivity contribution is 5.74. The van der Waals surface area contributed by atoms with Crippen LogP contribution >= 0.6 is 0 Å². The van der Waals surface area contributed by atoms with Crippen molar-refractivity contribution >= 4 is 5.97 Å². The number of aliphatic carboxylic acids is 1. The molecule has 1 saturated heterocycles. The quantitative estimate of drug-likeness (QED) is 0.904. The molecule has 0 bridgehead atoms. The zero-order valence-corrected chi connectivity index (χ0v) is 10.7. The standard InChI is InChI=1S/C14H15FN2O2/c1-14(13(18)19)4-5-17(9-14)8-10-2-3-12(15)11(6-10)7-16/h2-3,6H,4-5,8-9H2,1H3,(H,18,19). The molecule has 1 N–H and O–H groups in total. The first kappa shape index (κ1) is 13.5. The second kappa shape index (κ2) is 4.98. The van der Waals surface area contributed by atoms with E-state index in [1.54, 1.807) is 13.0 Å². The molecule has 19 heavy (non-hydrogen) atoms. The fourth-order valence-corrected chi connectivity index (χ4v) is 2.38. The highest BCUT2D eigenvalue weighted by atomic mass is 19.1. The van der Waals surface area contributed by atoms with Crippen LogP contribution in [0.15, 0.2) is 18.2 Å². The van der Waals surface area contributed by atoms with E-state index in [9.17, 15) is 9.18 Å². The Balaban J connectivity index is 2.08. The third kappa shape index (κ3) is 2.74. The zero-order chi connectivity index (χ0) is 14.0. The number of halogens is 1. The van der Waals surface area contributed by atoms with Crippen molar-refractivity contribution in [1.29, 1.82) is 5.26 Å². The fraction of sp³-hybridized carbons (Fsp3) is 0.429. The van der Waals surface area contributed by atoms with Gasteiger partial charge in [0.25, 0.3) is 0 Å². The van der Waals surface area contributed by atoms with E-state index in [1.807, 2.05) is 11.0 Å². The van der Waals surface area contributed by atoms with Crippen LogP contribution in [-0.2, 0) is 11.3 Å². The van der Waals surface area contributed by atoms with E-state index in [2.05, 4.69) is 0 Å². The smallest absolute Gasteiger partial charge is 0.310 e. The highest BCUT2D eigenvalue weighted by Gasteiger charge is 2.40. The van der Waals surface area contributed by atoms with Gasteiger partial charge in [0.15, 0.2) is 0 Å². The average Bonchev–Trinajstić information content (AvgIpc) is 2.75. The third-order valence-electron chi connectivity index (χ3n) is 3.63. The second-order valence-corrected chi connectivity index (χ2v) is 5.25. The van der Waals surface area contributed by atoms with Gasteiger partial charge in [0.1, 0.15) is 11.9 Å². The van der Waals surface area contributed by atoms with Gasteiger partial charge in [0.05, 0.1) is 11.0 Å². The molecule has 4 nitrogen and oxygen atoms in total. The number of carboxylic acid groups (broad SMARTS) is 1. The molecule has 1 fully saturated rings. The molecule has 1 aliphatic rings. The second-order valence-electron chi connectivity index (χ2n) is 5.25. The number of carboxylic acids is 1. The molecule has 0 spiro atoms. The van der Waals surface area contributed by atoms with Crippen LogP contribution in [0.1, 0.15) is 24.5 Å². The van der Waals surface area contributed by atoms with Gasteiger partial charge in [-0.15, -0.1) is 0 Å². The van der Waals surface area contributed by atoms with E-state index >= 15 is 0 Å². The number of hydrogen-bond acceptors (Lipinski definition) is 3. The first-order valence-electron chi connectivity index (χ1n) is 6.09. The Morgan fingerprint density at radius 1 is 1.63 bits per heavy atom.